The number of nitrogens with zero attached hydrogens (tertiary/aromatic N) is 4. The fourth-order valence-electron chi connectivity index (χ4n) is 1.66. The van der Waals surface area contributed by atoms with Crippen molar-refractivity contribution < 1.29 is 9.53 Å². The molecule has 0 fully saturated rings. The average Bonchev–Trinajstić information content (AvgIpc) is 2.98. The molecule has 2 rings (SSSR count). The number of nitrogens with one attached hydrogen (secondary N) is 1. The number of benzene rings is 1. The molecule has 0 unspecified atom stereocenters. The first kappa shape index (κ1) is 15.5. The van der Waals surface area contributed by atoms with Crippen LogP contribution in [0.1, 0.15) is 15.9 Å². The first-order chi connectivity index (χ1) is 10.2. The van der Waals surface area contributed by atoms with E-state index in [4.69, 9.17) is 0 Å². The highest BCUT2D eigenvalue weighted by molar-refractivity contribution is 7.98. The Morgan fingerprint density at radius 2 is 2.14 bits per heavy atom. The Balaban J connectivity index is 1.94. The van der Waals surface area contributed by atoms with Gasteiger partial charge in [-0.3, -0.25) is 0 Å². The highest BCUT2D eigenvalue weighted by Gasteiger charge is 2.08. The maximum absolute atomic E-state index is 11.4. The summed E-state index contributed by atoms with van der Waals surface area (Å²) in [4.78, 5) is 11.4. The lowest BCUT2D eigenvalue weighted by Gasteiger charge is -2.04. The van der Waals surface area contributed by atoms with Crippen LogP contribution in [-0.4, -0.2) is 46.9 Å². The highest BCUT2D eigenvalue weighted by Crippen LogP contribution is 2.20. The van der Waals surface area contributed by atoms with Gasteiger partial charge in [-0.1, -0.05) is 23.9 Å². The van der Waals surface area contributed by atoms with E-state index in [0.717, 1.165) is 29.6 Å². The van der Waals surface area contributed by atoms with Crippen molar-refractivity contribution in [3.8, 4) is 0 Å². The van der Waals surface area contributed by atoms with Crippen molar-refractivity contribution in [1.29, 1.82) is 0 Å². The smallest absolute Gasteiger partial charge is 0.337 e. The van der Waals surface area contributed by atoms with Gasteiger partial charge in [0.25, 0.3) is 0 Å². The number of hydrogen-bond donors (Lipinski definition) is 1. The summed E-state index contributed by atoms with van der Waals surface area (Å²) in [7, 11) is 3.26. The third-order valence-corrected chi connectivity index (χ3v) is 3.84. The summed E-state index contributed by atoms with van der Waals surface area (Å²) in [6, 6.07) is 7.32. The second-order valence-electron chi connectivity index (χ2n) is 4.27. The molecule has 1 aromatic carbocycles. The maximum atomic E-state index is 11.4. The SMILES string of the molecule is CNCCn1nnnc1SCc1ccc(C(=O)OC)cc1. The van der Waals surface area contributed by atoms with Crippen LogP contribution in [-0.2, 0) is 17.0 Å². The van der Waals surface area contributed by atoms with Crippen LogP contribution in [0.3, 0.4) is 0 Å². The minimum atomic E-state index is -0.329. The van der Waals surface area contributed by atoms with E-state index in [-0.39, 0.29) is 5.97 Å². The molecule has 0 aliphatic heterocycles. The van der Waals surface area contributed by atoms with E-state index < -0.39 is 0 Å². The number of thioether (sulfide) groups is 1. The molecule has 0 saturated heterocycles. The van der Waals surface area contributed by atoms with Gasteiger partial charge in [0.2, 0.25) is 5.16 Å². The standard InChI is InChI=1S/C13H17N5O2S/c1-14-7-8-18-13(15-16-17-18)21-9-10-3-5-11(6-4-10)12(19)20-2/h3-6,14H,7-9H2,1-2H3. The molecule has 1 heterocycles. The predicted molar refractivity (Wildman–Crippen MR) is 79.1 cm³/mol. The van der Waals surface area contributed by atoms with Gasteiger partial charge in [0.1, 0.15) is 0 Å². The van der Waals surface area contributed by atoms with Gasteiger partial charge < -0.3 is 10.1 Å². The van der Waals surface area contributed by atoms with Gasteiger partial charge in [0, 0.05) is 12.3 Å². The third kappa shape index (κ3) is 4.27. The fraction of sp³-hybridized carbons (Fsp3) is 0.385. The van der Waals surface area contributed by atoms with E-state index in [1.807, 2.05) is 19.2 Å². The largest absolute Gasteiger partial charge is 0.465 e. The molecule has 0 saturated carbocycles. The minimum Gasteiger partial charge on any atom is -0.465 e. The molecule has 21 heavy (non-hydrogen) atoms. The summed E-state index contributed by atoms with van der Waals surface area (Å²) >= 11 is 1.56. The van der Waals surface area contributed by atoms with Crippen LogP contribution in [0.5, 0.6) is 0 Å². The van der Waals surface area contributed by atoms with E-state index in [9.17, 15) is 4.79 Å². The van der Waals surface area contributed by atoms with Crippen molar-refractivity contribution in [2.24, 2.45) is 0 Å². The number of rotatable bonds is 7. The second-order valence-corrected chi connectivity index (χ2v) is 5.21. The maximum Gasteiger partial charge on any atom is 0.337 e. The number of likely N-dealkylation sites (N-methyl/N-ethyl adjacent to an activating group) is 1. The molecule has 1 N–H and O–H groups in total. The van der Waals surface area contributed by atoms with E-state index >= 15 is 0 Å². The summed E-state index contributed by atoms with van der Waals surface area (Å²) in [5.41, 5.74) is 1.64. The number of esters is 1. The number of carbonyl (C=O) groups excluding carboxylic acids is 1. The lowest BCUT2D eigenvalue weighted by atomic mass is 10.1. The van der Waals surface area contributed by atoms with Crippen LogP contribution >= 0.6 is 11.8 Å². The number of carbonyl (C=O) groups is 1. The van der Waals surface area contributed by atoms with Gasteiger partial charge in [-0.15, -0.1) is 5.10 Å². The molecular formula is C13H17N5O2S. The third-order valence-electron chi connectivity index (χ3n) is 2.82. The second kappa shape index (κ2) is 7.75. The Morgan fingerprint density at radius 3 is 2.81 bits per heavy atom. The molecule has 0 spiro atoms. The van der Waals surface area contributed by atoms with Crippen LogP contribution < -0.4 is 5.32 Å². The summed E-state index contributed by atoms with van der Waals surface area (Å²) in [6.07, 6.45) is 0. The van der Waals surface area contributed by atoms with Crippen LogP contribution in [0.15, 0.2) is 29.4 Å². The molecule has 0 radical (unpaired) electrons. The molecule has 0 amide bonds. The van der Waals surface area contributed by atoms with Crippen LogP contribution in [0.25, 0.3) is 0 Å². The zero-order valence-corrected chi connectivity index (χ0v) is 12.8. The zero-order chi connectivity index (χ0) is 15.1. The Morgan fingerprint density at radius 1 is 1.38 bits per heavy atom. The number of aromatic nitrogens is 4. The first-order valence-corrected chi connectivity index (χ1v) is 7.44. The summed E-state index contributed by atoms with van der Waals surface area (Å²) in [6.45, 7) is 1.54. The predicted octanol–water partition coefficient (Wildman–Crippen LogP) is 0.971. The van der Waals surface area contributed by atoms with Gasteiger partial charge in [-0.05, 0) is 35.2 Å². The molecule has 0 aliphatic rings. The Bertz CT molecular complexity index is 585. The van der Waals surface area contributed by atoms with Crippen molar-refractivity contribution in [3.05, 3.63) is 35.4 Å². The van der Waals surface area contributed by atoms with Crippen LogP contribution in [0.4, 0.5) is 0 Å². The number of tetrazole rings is 1. The molecule has 0 atom stereocenters. The van der Waals surface area contributed by atoms with Gasteiger partial charge in [-0.25, -0.2) is 9.48 Å². The number of methoxy groups -OCH3 is 1. The summed E-state index contributed by atoms with van der Waals surface area (Å²) in [5.74, 6) is 0.409. The minimum absolute atomic E-state index is 0.329. The molecule has 8 heteroatoms. The highest BCUT2D eigenvalue weighted by atomic mass is 32.2. The van der Waals surface area contributed by atoms with Crippen molar-refractivity contribution in [2.75, 3.05) is 20.7 Å². The molecular weight excluding hydrogens is 290 g/mol. The quantitative estimate of drug-likeness (QED) is 0.603. The Hall–Kier alpha value is -1.93. The van der Waals surface area contributed by atoms with Gasteiger partial charge >= 0.3 is 5.97 Å². The molecule has 0 aliphatic carbocycles. The van der Waals surface area contributed by atoms with Gasteiger partial charge in [0.05, 0.1) is 19.2 Å². The van der Waals surface area contributed by atoms with Gasteiger partial charge in [-0.2, -0.15) is 0 Å². The zero-order valence-electron chi connectivity index (χ0n) is 11.9. The molecule has 0 bridgehead atoms. The average molecular weight is 307 g/mol. The lowest BCUT2D eigenvalue weighted by molar-refractivity contribution is 0.0600. The summed E-state index contributed by atoms with van der Waals surface area (Å²) < 4.78 is 6.44. The number of ether oxygens (including phenoxy) is 1. The topological polar surface area (TPSA) is 81.9 Å². The van der Waals surface area contributed by atoms with E-state index in [1.54, 1.807) is 28.6 Å². The van der Waals surface area contributed by atoms with Crippen LogP contribution in [0, 0.1) is 0 Å². The first-order valence-electron chi connectivity index (χ1n) is 6.45. The van der Waals surface area contributed by atoms with E-state index in [2.05, 4.69) is 25.6 Å². The van der Waals surface area contributed by atoms with Gasteiger partial charge in [0.15, 0.2) is 0 Å². The lowest BCUT2D eigenvalue weighted by Crippen LogP contribution is -2.16. The normalized spacial score (nSPS) is 10.6. The molecule has 1 aromatic heterocycles. The van der Waals surface area contributed by atoms with Crippen molar-refractivity contribution in [3.63, 3.8) is 0 Å². The van der Waals surface area contributed by atoms with E-state index in [1.165, 1.54) is 7.11 Å². The van der Waals surface area contributed by atoms with Crippen molar-refractivity contribution in [2.45, 2.75) is 17.5 Å². The van der Waals surface area contributed by atoms with Crippen molar-refractivity contribution in [1.82, 2.24) is 25.5 Å². The number of hydrogen-bond acceptors (Lipinski definition) is 7. The Kier molecular flexibility index (Phi) is 5.70. The van der Waals surface area contributed by atoms with E-state index in [0.29, 0.717) is 5.56 Å². The monoisotopic (exact) mass is 307 g/mol. The molecule has 7 nitrogen and oxygen atoms in total. The molecule has 2 aromatic rings. The van der Waals surface area contributed by atoms with Crippen molar-refractivity contribution >= 4 is 17.7 Å². The summed E-state index contributed by atoms with van der Waals surface area (Å²) in [5, 5.41) is 15.5. The molecule has 112 valence electrons. The fourth-order valence-corrected chi connectivity index (χ4v) is 2.52. The Labute approximate surface area is 127 Å². The van der Waals surface area contributed by atoms with Crippen LogP contribution in [0.2, 0.25) is 0 Å².